The van der Waals surface area contributed by atoms with Crippen LogP contribution in [0, 0.1) is 0 Å². The first-order chi connectivity index (χ1) is 11.5. The first-order valence-electron chi connectivity index (χ1n) is 7.79. The van der Waals surface area contributed by atoms with Gasteiger partial charge in [-0.15, -0.1) is 0 Å². The van der Waals surface area contributed by atoms with Gasteiger partial charge < -0.3 is 11.5 Å². The van der Waals surface area contributed by atoms with E-state index in [9.17, 15) is 0 Å². The van der Waals surface area contributed by atoms with E-state index in [1.807, 2.05) is 50.2 Å². The van der Waals surface area contributed by atoms with E-state index >= 15 is 0 Å². The maximum Gasteiger partial charge on any atom is 0.0622 e. The number of benzene rings is 2. The molecule has 0 aliphatic rings. The molecule has 0 amide bonds. The average Bonchev–Trinajstić information content (AvgIpc) is 2.61. The molecule has 0 radical (unpaired) electrons. The monoisotopic (exact) mass is 386 g/mol. The van der Waals surface area contributed by atoms with Gasteiger partial charge in [0.05, 0.1) is 11.4 Å². The van der Waals surface area contributed by atoms with Gasteiger partial charge in [0.15, 0.2) is 0 Å². The Balaban J connectivity index is 2.05. The van der Waals surface area contributed by atoms with E-state index in [0.29, 0.717) is 13.0 Å². The van der Waals surface area contributed by atoms with Crippen molar-refractivity contribution in [2.75, 3.05) is 5.43 Å². The zero-order valence-corrected chi connectivity index (χ0v) is 15.6. The Morgan fingerprint density at radius 2 is 1.58 bits per heavy atom. The summed E-state index contributed by atoms with van der Waals surface area (Å²) < 4.78 is 1.04. The Morgan fingerprint density at radius 3 is 2.17 bits per heavy atom. The number of anilines is 1. The van der Waals surface area contributed by atoms with Crippen LogP contribution in [0.5, 0.6) is 0 Å². The molecule has 5 heteroatoms. The summed E-state index contributed by atoms with van der Waals surface area (Å²) in [5.41, 5.74) is 20.8. The van der Waals surface area contributed by atoms with Crippen LogP contribution >= 0.6 is 15.9 Å². The van der Waals surface area contributed by atoms with Gasteiger partial charge in [0.25, 0.3) is 0 Å². The minimum Gasteiger partial charge on any atom is -0.401 e. The van der Waals surface area contributed by atoms with Crippen LogP contribution in [-0.2, 0) is 13.0 Å². The van der Waals surface area contributed by atoms with Crippen molar-refractivity contribution in [1.82, 2.24) is 0 Å². The Kier molecular flexibility index (Phi) is 6.58. The molecule has 2 aromatic rings. The number of nitrogens with two attached hydrogens (primary N) is 2. The summed E-state index contributed by atoms with van der Waals surface area (Å²) in [6.45, 7) is 4.50. The highest BCUT2D eigenvalue weighted by Gasteiger charge is 2.04. The van der Waals surface area contributed by atoms with Gasteiger partial charge in [0, 0.05) is 23.1 Å². The number of hydrazone groups is 1. The Hall–Kier alpha value is -2.11. The van der Waals surface area contributed by atoms with Crippen LogP contribution in [0.2, 0.25) is 0 Å². The number of rotatable bonds is 6. The third kappa shape index (κ3) is 5.22. The number of nitrogens with one attached hydrogen (secondary N) is 1. The first kappa shape index (κ1) is 18.2. The minimum atomic E-state index is 0.554. The summed E-state index contributed by atoms with van der Waals surface area (Å²) >= 11 is 3.41. The number of halogens is 1. The quantitative estimate of drug-likeness (QED) is 0.514. The number of hydrogen-bond acceptors (Lipinski definition) is 4. The normalized spacial score (nSPS) is 12.8. The summed E-state index contributed by atoms with van der Waals surface area (Å²) in [7, 11) is 0. The van der Waals surface area contributed by atoms with Gasteiger partial charge in [-0.1, -0.05) is 40.2 Å². The molecule has 0 atom stereocenters. The van der Waals surface area contributed by atoms with Crippen molar-refractivity contribution in [2.24, 2.45) is 16.6 Å². The van der Waals surface area contributed by atoms with Crippen LogP contribution < -0.4 is 16.9 Å². The molecule has 0 heterocycles. The number of allylic oxidation sites excluding steroid dienone is 2. The summed E-state index contributed by atoms with van der Waals surface area (Å²) in [6.07, 6.45) is 0.696. The predicted octanol–water partition coefficient (Wildman–Crippen LogP) is 4.17. The highest BCUT2D eigenvalue weighted by Crippen LogP contribution is 2.15. The molecule has 0 saturated heterocycles. The molecule has 2 rings (SSSR count). The predicted molar refractivity (Wildman–Crippen MR) is 106 cm³/mol. The lowest BCUT2D eigenvalue weighted by Gasteiger charge is -2.09. The molecule has 0 unspecified atom stereocenters. The van der Waals surface area contributed by atoms with Crippen molar-refractivity contribution >= 4 is 27.3 Å². The van der Waals surface area contributed by atoms with Gasteiger partial charge in [0.1, 0.15) is 0 Å². The van der Waals surface area contributed by atoms with Crippen molar-refractivity contribution in [3.63, 3.8) is 0 Å². The van der Waals surface area contributed by atoms with Crippen molar-refractivity contribution in [3.05, 3.63) is 75.4 Å². The molecule has 0 aromatic heterocycles. The molecule has 0 aliphatic carbocycles. The van der Waals surface area contributed by atoms with Crippen molar-refractivity contribution < 1.29 is 0 Å². The Morgan fingerprint density at radius 1 is 1.00 bits per heavy atom. The van der Waals surface area contributed by atoms with Gasteiger partial charge in [-0.25, -0.2) is 0 Å². The lowest BCUT2D eigenvalue weighted by molar-refractivity contribution is 1.05. The topological polar surface area (TPSA) is 76.4 Å². The van der Waals surface area contributed by atoms with E-state index in [4.69, 9.17) is 11.5 Å². The molecular formula is C19H23BrN4. The van der Waals surface area contributed by atoms with Gasteiger partial charge in [-0.05, 0) is 54.8 Å². The van der Waals surface area contributed by atoms with Gasteiger partial charge in [-0.2, -0.15) is 5.10 Å². The van der Waals surface area contributed by atoms with Crippen LogP contribution in [0.25, 0.3) is 0 Å². The van der Waals surface area contributed by atoms with Gasteiger partial charge >= 0.3 is 0 Å². The fourth-order valence-corrected chi connectivity index (χ4v) is 2.40. The van der Waals surface area contributed by atoms with Crippen LogP contribution in [0.15, 0.2) is 69.4 Å². The highest BCUT2D eigenvalue weighted by atomic mass is 79.9. The molecule has 0 fully saturated rings. The average molecular weight is 387 g/mol. The molecular weight excluding hydrogens is 364 g/mol. The highest BCUT2D eigenvalue weighted by molar-refractivity contribution is 9.10. The third-order valence-electron chi connectivity index (χ3n) is 3.87. The molecule has 0 spiro atoms. The van der Waals surface area contributed by atoms with Crippen LogP contribution in [0.4, 0.5) is 5.69 Å². The fourth-order valence-electron chi connectivity index (χ4n) is 2.13. The number of nitrogens with zero attached hydrogens (tertiary/aromatic N) is 1. The molecule has 0 saturated carbocycles. The van der Waals surface area contributed by atoms with Gasteiger partial charge in [-0.3, -0.25) is 5.43 Å². The second-order valence-electron chi connectivity index (χ2n) is 5.66. The summed E-state index contributed by atoms with van der Waals surface area (Å²) in [4.78, 5) is 0. The van der Waals surface area contributed by atoms with Crippen molar-refractivity contribution in [1.29, 1.82) is 0 Å². The second-order valence-corrected chi connectivity index (χ2v) is 6.58. The third-order valence-corrected chi connectivity index (χ3v) is 4.40. The summed E-state index contributed by atoms with van der Waals surface area (Å²) in [6, 6.07) is 16.1. The number of hydrogen-bond donors (Lipinski definition) is 3. The van der Waals surface area contributed by atoms with Crippen LogP contribution in [-0.4, -0.2) is 5.71 Å². The Labute approximate surface area is 151 Å². The SMILES string of the molecule is CC(=NNc1ccc(Br)cc1)C(C)=C(N)Cc1ccc(CN)cc1. The van der Waals surface area contributed by atoms with E-state index in [1.165, 1.54) is 0 Å². The zero-order valence-electron chi connectivity index (χ0n) is 14.0. The molecule has 5 N–H and O–H groups in total. The molecule has 2 aromatic carbocycles. The maximum atomic E-state index is 6.25. The lowest BCUT2D eigenvalue weighted by atomic mass is 10.0. The van der Waals surface area contributed by atoms with E-state index in [1.54, 1.807) is 0 Å². The van der Waals surface area contributed by atoms with E-state index in [2.05, 4.69) is 38.6 Å². The summed E-state index contributed by atoms with van der Waals surface area (Å²) in [5, 5.41) is 4.41. The van der Waals surface area contributed by atoms with E-state index < -0.39 is 0 Å². The minimum absolute atomic E-state index is 0.554. The second kappa shape index (κ2) is 8.66. The zero-order chi connectivity index (χ0) is 17.5. The molecule has 24 heavy (non-hydrogen) atoms. The van der Waals surface area contributed by atoms with Gasteiger partial charge in [0.2, 0.25) is 0 Å². The lowest BCUT2D eigenvalue weighted by Crippen LogP contribution is -2.10. The Bertz CT molecular complexity index is 731. The van der Waals surface area contributed by atoms with Crippen LogP contribution in [0.1, 0.15) is 25.0 Å². The first-order valence-corrected chi connectivity index (χ1v) is 8.58. The standard InChI is InChI=1S/C19H23BrN4/c1-13(14(2)23-24-18-9-7-17(20)8-10-18)19(22)11-15-3-5-16(12-21)6-4-15/h3-10,24H,11-12,21-22H2,1-2H3. The van der Waals surface area contributed by atoms with Crippen molar-refractivity contribution in [2.45, 2.75) is 26.8 Å². The smallest absolute Gasteiger partial charge is 0.0622 e. The molecule has 0 aliphatic heterocycles. The summed E-state index contributed by atoms with van der Waals surface area (Å²) in [5.74, 6) is 0. The van der Waals surface area contributed by atoms with Crippen LogP contribution in [0.3, 0.4) is 0 Å². The molecule has 4 nitrogen and oxygen atoms in total. The fraction of sp³-hybridized carbons (Fsp3) is 0.211. The van der Waals surface area contributed by atoms with E-state index in [-0.39, 0.29) is 0 Å². The van der Waals surface area contributed by atoms with Crippen molar-refractivity contribution in [3.8, 4) is 0 Å². The van der Waals surface area contributed by atoms with E-state index in [0.717, 1.165) is 38.3 Å². The molecule has 126 valence electrons. The largest absolute Gasteiger partial charge is 0.401 e. The molecule has 0 bridgehead atoms. The maximum absolute atomic E-state index is 6.25.